The van der Waals surface area contributed by atoms with Crippen LogP contribution in [0.5, 0.6) is 11.5 Å². The zero-order valence-corrected chi connectivity index (χ0v) is 10.8. The van der Waals surface area contributed by atoms with Crippen molar-refractivity contribution in [2.24, 2.45) is 5.73 Å². The van der Waals surface area contributed by atoms with Crippen molar-refractivity contribution in [1.82, 2.24) is 0 Å². The van der Waals surface area contributed by atoms with E-state index in [0.29, 0.717) is 12.3 Å². The van der Waals surface area contributed by atoms with Gasteiger partial charge in [-0.05, 0) is 30.5 Å². The molecule has 2 aromatic rings. The van der Waals surface area contributed by atoms with Gasteiger partial charge in [0.25, 0.3) is 0 Å². The maximum absolute atomic E-state index is 10.4. The van der Waals surface area contributed by atoms with Crippen molar-refractivity contribution in [3.8, 4) is 11.5 Å². The highest BCUT2D eigenvalue weighted by atomic mass is 16.5. The fourth-order valence-corrected chi connectivity index (χ4v) is 2.31. The number of methoxy groups -OCH3 is 1. The number of phenols is 1. The van der Waals surface area contributed by atoms with Crippen LogP contribution in [-0.2, 0) is 0 Å². The van der Waals surface area contributed by atoms with Crippen molar-refractivity contribution in [1.29, 1.82) is 0 Å². The molecule has 0 saturated carbocycles. The molecule has 0 aromatic heterocycles. The van der Waals surface area contributed by atoms with E-state index in [2.05, 4.69) is 6.92 Å². The summed E-state index contributed by atoms with van der Waals surface area (Å²) < 4.78 is 5.30. The second-order valence-electron chi connectivity index (χ2n) is 4.54. The first-order valence-electron chi connectivity index (χ1n) is 6.17. The zero-order valence-electron chi connectivity index (χ0n) is 10.8. The van der Waals surface area contributed by atoms with Gasteiger partial charge in [-0.2, -0.15) is 0 Å². The fourth-order valence-electron chi connectivity index (χ4n) is 2.31. The molecule has 3 nitrogen and oxygen atoms in total. The second kappa shape index (κ2) is 5.27. The lowest BCUT2D eigenvalue weighted by molar-refractivity contribution is 0.419. The lowest BCUT2D eigenvalue weighted by Gasteiger charge is -2.15. The van der Waals surface area contributed by atoms with Gasteiger partial charge in [0.15, 0.2) is 0 Å². The van der Waals surface area contributed by atoms with Gasteiger partial charge in [0, 0.05) is 10.8 Å². The molecule has 0 aliphatic rings. The van der Waals surface area contributed by atoms with Gasteiger partial charge in [-0.25, -0.2) is 0 Å². The lowest BCUT2D eigenvalue weighted by Crippen LogP contribution is -2.04. The number of rotatable bonds is 4. The van der Waals surface area contributed by atoms with Gasteiger partial charge in [-0.15, -0.1) is 0 Å². The summed E-state index contributed by atoms with van der Waals surface area (Å²) in [4.78, 5) is 0. The third-order valence-electron chi connectivity index (χ3n) is 3.37. The predicted octanol–water partition coefficient (Wildman–Crippen LogP) is 3.01. The average molecular weight is 245 g/mol. The van der Waals surface area contributed by atoms with Gasteiger partial charge in [-0.1, -0.05) is 31.2 Å². The number of phenolic OH excluding ortho intramolecular Hbond substituents is 1. The number of nitrogens with two attached hydrogens (primary N) is 1. The van der Waals surface area contributed by atoms with E-state index in [9.17, 15) is 5.11 Å². The molecule has 0 radical (unpaired) electrons. The Morgan fingerprint density at radius 3 is 2.67 bits per heavy atom. The van der Waals surface area contributed by atoms with Crippen molar-refractivity contribution in [2.75, 3.05) is 13.7 Å². The van der Waals surface area contributed by atoms with Gasteiger partial charge in [0.05, 0.1) is 7.11 Å². The van der Waals surface area contributed by atoms with Crippen LogP contribution < -0.4 is 10.5 Å². The van der Waals surface area contributed by atoms with Crippen molar-refractivity contribution in [3.05, 3.63) is 35.9 Å². The third kappa shape index (κ3) is 2.14. The molecule has 3 heteroatoms. The summed E-state index contributed by atoms with van der Waals surface area (Å²) in [6.45, 7) is 2.70. The van der Waals surface area contributed by atoms with Crippen LogP contribution in [0.2, 0.25) is 0 Å². The van der Waals surface area contributed by atoms with Crippen LogP contribution in [-0.4, -0.2) is 18.8 Å². The molecule has 0 spiro atoms. The molecule has 2 aromatic carbocycles. The summed E-state index contributed by atoms with van der Waals surface area (Å²) in [5.41, 5.74) is 6.52. The summed E-state index contributed by atoms with van der Waals surface area (Å²) in [6.07, 6.45) is 0.864. The minimum Gasteiger partial charge on any atom is -0.507 e. The first-order chi connectivity index (χ1) is 8.69. The van der Waals surface area contributed by atoms with Crippen molar-refractivity contribution in [3.63, 3.8) is 0 Å². The van der Waals surface area contributed by atoms with Crippen molar-refractivity contribution >= 4 is 10.8 Å². The quantitative estimate of drug-likeness (QED) is 0.870. The maximum atomic E-state index is 10.4. The molecule has 0 saturated heterocycles. The molecular formula is C15H19NO2. The Balaban J connectivity index is 2.58. The van der Waals surface area contributed by atoms with Crippen LogP contribution in [0, 0.1) is 0 Å². The summed E-state index contributed by atoms with van der Waals surface area (Å²) in [7, 11) is 1.64. The first-order valence-corrected chi connectivity index (χ1v) is 6.17. The molecule has 0 fully saturated rings. The Bertz CT molecular complexity index is 551. The SMILES string of the molecule is COc1cccc2c(O)c(C(C)CCN)ccc12. The van der Waals surface area contributed by atoms with Gasteiger partial charge >= 0.3 is 0 Å². The van der Waals surface area contributed by atoms with Gasteiger partial charge < -0.3 is 15.6 Å². The van der Waals surface area contributed by atoms with Crippen LogP contribution >= 0.6 is 0 Å². The predicted molar refractivity (Wildman–Crippen MR) is 74.3 cm³/mol. The molecule has 2 rings (SSSR count). The molecule has 3 N–H and O–H groups in total. The second-order valence-corrected chi connectivity index (χ2v) is 4.54. The number of benzene rings is 2. The fraction of sp³-hybridized carbons (Fsp3) is 0.333. The number of hydrogen-bond acceptors (Lipinski definition) is 3. The van der Waals surface area contributed by atoms with Crippen molar-refractivity contribution < 1.29 is 9.84 Å². The van der Waals surface area contributed by atoms with Crippen molar-refractivity contribution in [2.45, 2.75) is 19.3 Å². The van der Waals surface area contributed by atoms with Crippen LogP contribution in [0.25, 0.3) is 10.8 Å². The summed E-state index contributed by atoms with van der Waals surface area (Å²) in [5.74, 6) is 1.37. The van der Waals surface area contributed by atoms with E-state index in [4.69, 9.17) is 10.5 Å². The molecule has 0 amide bonds. The number of aromatic hydroxyl groups is 1. The molecule has 1 unspecified atom stereocenters. The van der Waals surface area contributed by atoms with Crippen LogP contribution in [0.15, 0.2) is 30.3 Å². The van der Waals surface area contributed by atoms with E-state index in [1.807, 2.05) is 30.3 Å². The molecule has 0 aliphatic carbocycles. The molecule has 0 aliphatic heterocycles. The minimum absolute atomic E-state index is 0.255. The topological polar surface area (TPSA) is 55.5 Å². The molecule has 0 bridgehead atoms. The van der Waals surface area contributed by atoms with Gasteiger partial charge in [0.1, 0.15) is 11.5 Å². The number of fused-ring (bicyclic) bond motifs is 1. The molecule has 96 valence electrons. The van der Waals surface area contributed by atoms with Gasteiger partial charge in [0.2, 0.25) is 0 Å². The Kier molecular flexibility index (Phi) is 3.72. The summed E-state index contributed by atoms with van der Waals surface area (Å²) in [5, 5.41) is 12.1. The average Bonchev–Trinajstić information content (AvgIpc) is 2.39. The number of ether oxygens (including phenoxy) is 1. The summed E-state index contributed by atoms with van der Waals surface area (Å²) >= 11 is 0. The molecule has 18 heavy (non-hydrogen) atoms. The normalized spacial score (nSPS) is 12.6. The monoisotopic (exact) mass is 245 g/mol. The summed E-state index contributed by atoms with van der Waals surface area (Å²) in [6, 6.07) is 9.64. The van der Waals surface area contributed by atoms with E-state index in [1.54, 1.807) is 7.11 Å². The van der Waals surface area contributed by atoms with Crippen LogP contribution in [0.4, 0.5) is 0 Å². The van der Waals surface area contributed by atoms with E-state index >= 15 is 0 Å². The number of hydrogen-bond donors (Lipinski definition) is 2. The highest BCUT2D eigenvalue weighted by Gasteiger charge is 2.13. The zero-order chi connectivity index (χ0) is 13.1. The van der Waals surface area contributed by atoms with Crippen LogP contribution in [0.3, 0.4) is 0 Å². The minimum atomic E-state index is 0.255. The van der Waals surface area contributed by atoms with E-state index in [-0.39, 0.29) is 5.92 Å². The third-order valence-corrected chi connectivity index (χ3v) is 3.37. The van der Waals surface area contributed by atoms with E-state index in [0.717, 1.165) is 28.5 Å². The maximum Gasteiger partial charge on any atom is 0.126 e. The Morgan fingerprint density at radius 2 is 2.00 bits per heavy atom. The Hall–Kier alpha value is -1.74. The van der Waals surface area contributed by atoms with E-state index < -0.39 is 0 Å². The lowest BCUT2D eigenvalue weighted by atomic mass is 9.94. The van der Waals surface area contributed by atoms with Gasteiger partial charge in [-0.3, -0.25) is 0 Å². The van der Waals surface area contributed by atoms with Crippen LogP contribution in [0.1, 0.15) is 24.8 Å². The highest BCUT2D eigenvalue weighted by molar-refractivity contribution is 5.94. The van der Waals surface area contributed by atoms with E-state index in [1.165, 1.54) is 0 Å². The molecule has 1 atom stereocenters. The Morgan fingerprint density at radius 1 is 1.22 bits per heavy atom. The standard InChI is InChI=1S/C15H19NO2/c1-10(8-9-16)11-6-7-12-13(15(11)17)4-3-5-14(12)18-2/h3-7,10,17H,8-9,16H2,1-2H3. The molecule has 0 heterocycles. The molecular weight excluding hydrogens is 226 g/mol. The highest BCUT2D eigenvalue weighted by Crippen LogP contribution is 2.37. The first kappa shape index (κ1) is 12.7. The smallest absolute Gasteiger partial charge is 0.126 e. The largest absolute Gasteiger partial charge is 0.507 e. The Labute approximate surface area is 107 Å².